The van der Waals surface area contributed by atoms with Gasteiger partial charge in [0.25, 0.3) is 5.91 Å². The van der Waals surface area contributed by atoms with Gasteiger partial charge in [0, 0.05) is 6.04 Å². The molecule has 4 nitrogen and oxygen atoms in total. The number of amides is 1. The Balaban J connectivity index is 1.90. The quantitative estimate of drug-likeness (QED) is 0.861. The molecule has 0 aromatic carbocycles. The summed E-state index contributed by atoms with van der Waals surface area (Å²) >= 11 is 0. The topological polar surface area (TPSA) is 68.3 Å². The lowest BCUT2D eigenvalue weighted by atomic mass is 9.91. The van der Waals surface area contributed by atoms with E-state index in [4.69, 9.17) is 10.2 Å². The monoisotopic (exact) mass is 250 g/mol. The molecule has 100 valence electrons. The number of nitrogens with one attached hydrogen (secondary N) is 1. The van der Waals surface area contributed by atoms with Crippen LogP contribution in [0.25, 0.3) is 0 Å². The van der Waals surface area contributed by atoms with Gasteiger partial charge in [-0.1, -0.05) is 20.8 Å². The first-order valence-corrected chi connectivity index (χ1v) is 6.48. The van der Waals surface area contributed by atoms with Crippen molar-refractivity contribution in [2.75, 3.05) is 0 Å². The maximum Gasteiger partial charge on any atom is 0.251 e. The Hall–Kier alpha value is -1.29. The van der Waals surface area contributed by atoms with E-state index in [2.05, 4.69) is 26.1 Å². The summed E-state index contributed by atoms with van der Waals surface area (Å²) in [5.41, 5.74) is 6.04. The molecule has 0 bridgehead atoms. The van der Waals surface area contributed by atoms with Crippen LogP contribution in [0.1, 0.15) is 49.7 Å². The fourth-order valence-corrected chi connectivity index (χ4v) is 3.00. The van der Waals surface area contributed by atoms with Gasteiger partial charge in [-0.25, -0.2) is 0 Å². The minimum atomic E-state index is -0.444. The van der Waals surface area contributed by atoms with Gasteiger partial charge in [-0.2, -0.15) is 0 Å². The number of hydrogen-bond donors (Lipinski definition) is 2. The van der Waals surface area contributed by atoms with Gasteiger partial charge < -0.3 is 15.5 Å². The highest BCUT2D eigenvalue weighted by Crippen LogP contribution is 2.40. The van der Waals surface area contributed by atoms with Gasteiger partial charge in [0.2, 0.25) is 0 Å². The Bertz CT molecular complexity index is 437. The molecule has 1 aliphatic carbocycles. The first kappa shape index (κ1) is 13.1. The van der Waals surface area contributed by atoms with Crippen LogP contribution in [0.3, 0.4) is 0 Å². The Kier molecular flexibility index (Phi) is 3.48. The number of rotatable bonds is 4. The van der Waals surface area contributed by atoms with Crippen LogP contribution in [0, 0.1) is 11.3 Å². The lowest BCUT2D eigenvalue weighted by Gasteiger charge is -2.17. The predicted molar refractivity (Wildman–Crippen MR) is 70.0 cm³/mol. The molecule has 0 aliphatic heterocycles. The lowest BCUT2D eigenvalue weighted by Crippen LogP contribution is -2.30. The molecule has 0 unspecified atom stereocenters. The summed E-state index contributed by atoms with van der Waals surface area (Å²) in [6.45, 7) is 7.55. The first-order chi connectivity index (χ1) is 8.37. The fraction of sp³-hybridized carbons (Fsp3) is 0.643. The van der Waals surface area contributed by atoms with Crippen LogP contribution in [0.4, 0.5) is 0 Å². The average Bonchev–Trinajstić information content (AvgIpc) is 2.80. The van der Waals surface area contributed by atoms with Crippen LogP contribution in [0.15, 0.2) is 16.7 Å². The molecule has 1 fully saturated rings. The van der Waals surface area contributed by atoms with Crippen LogP contribution >= 0.6 is 0 Å². The van der Waals surface area contributed by atoms with Gasteiger partial charge in [-0.15, -0.1) is 0 Å². The summed E-state index contributed by atoms with van der Waals surface area (Å²) in [7, 11) is 0. The van der Waals surface area contributed by atoms with Crippen molar-refractivity contribution >= 4 is 5.91 Å². The zero-order valence-electron chi connectivity index (χ0n) is 11.3. The number of primary amides is 1. The lowest BCUT2D eigenvalue weighted by molar-refractivity contribution is 0.0999. The number of furan rings is 1. The fourth-order valence-electron chi connectivity index (χ4n) is 3.00. The molecule has 18 heavy (non-hydrogen) atoms. The molecule has 1 saturated carbocycles. The van der Waals surface area contributed by atoms with E-state index >= 15 is 0 Å². The van der Waals surface area contributed by atoms with Crippen molar-refractivity contribution in [2.24, 2.45) is 17.1 Å². The molecule has 0 spiro atoms. The van der Waals surface area contributed by atoms with E-state index in [0.717, 1.165) is 5.76 Å². The Morgan fingerprint density at radius 1 is 1.56 bits per heavy atom. The maximum absolute atomic E-state index is 11.0. The van der Waals surface area contributed by atoms with Crippen LogP contribution in [-0.2, 0) is 6.54 Å². The zero-order chi connectivity index (χ0) is 13.3. The van der Waals surface area contributed by atoms with Crippen molar-refractivity contribution in [3.8, 4) is 0 Å². The molecule has 1 heterocycles. The van der Waals surface area contributed by atoms with Crippen molar-refractivity contribution in [3.05, 3.63) is 23.7 Å². The van der Waals surface area contributed by atoms with E-state index < -0.39 is 5.91 Å². The smallest absolute Gasteiger partial charge is 0.251 e. The third-order valence-electron chi connectivity index (χ3n) is 3.81. The molecule has 1 aromatic rings. The van der Waals surface area contributed by atoms with Gasteiger partial charge in [0.15, 0.2) is 0 Å². The van der Waals surface area contributed by atoms with Crippen molar-refractivity contribution in [2.45, 2.75) is 46.2 Å². The van der Waals surface area contributed by atoms with Gasteiger partial charge in [-0.3, -0.25) is 4.79 Å². The first-order valence-electron chi connectivity index (χ1n) is 6.48. The summed E-state index contributed by atoms with van der Waals surface area (Å²) < 4.78 is 5.31. The van der Waals surface area contributed by atoms with Crippen molar-refractivity contribution in [1.82, 2.24) is 5.32 Å². The van der Waals surface area contributed by atoms with E-state index in [1.54, 1.807) is 6.07 Å². The number of carbonyl (C=O) groups is 1. The van der Waals surface area contributed by atoms with E-state index in [1.807, 2.05) is 0 Å². The second-order valence-corrected chi connectivity index (χ2v) is 6.20. The van der Waals surface area contributed by atoms with Crippen LogP contribution in [0.2, 0.25) is 0 Å². The van der Waals surface area contributed by atoms with Gasteiger partial charge in [-0.05, 0) is 30.2 Å². The van der Waals surface area contributed by atoms with Gasteiger partial charge in [0.05, 0.1) is 12.1 Å². The highest BCUT2D eigenvalue weighted by molar-refractivity contribution is 5.92. The van der Waals surface area contributed by atoms with E-state index in [1.165, 1.54) is 19.1 Å². The summed E-state index contributed by atoms with van der Waals surface area (Å²) in [6.07, 6.45) is 3.84. The molecular weight excluding hydrogens is 228 g/mol. The number of carbonyl (C=O) groups excluding carboxylic acids is 1. The average molecular weight is 250 g/mol. The molecule has 2 rings (SSSR count). The second kappa shape index (κ2) is 4.76. The summed E-state index contributed by atoms with van der Waals surface area (Å²) in [5.74, 6) is 0.992. The molecule has 0 saturated heterocycles. The largest absolute Gasteiger partial charge is 0.467 e. The van der Waals surface area contributed by atoms with Crippen LogP contribution in [-0.4, -0.2) is 11.9 Å². The Morgan fingerprint density at radius 3 is 2.78 bits per heavy atom. The van der Waals surface area contributed by atoms with E-state index in [9.17, 15) is 4.79 Å². The molecule has 4 heteroatoms. The van der Waals surface area contributed by atoms with Gasteiger partial charge >= 0.3 is 0 Å². The number of nitrogens with two attached hydrogens (primary N) is 1. The van der Waals surface area contributed by atoms with E-state index in [-0.39, 0.29) is 0 Å². The molecule has 0 radical (unpaired) electrons. The molecular formula is C14H22N2O2. The van der Waals surface area contributed by atoms with Crippen molar-refractivity contribution in [3.63, 3.8) is 0 Å². The summed E-state index contributed by atoms with van der Waals surface area (Å²) in [5, 5.41) is 3.51. The predicted octanol–water partition coefficient (Wildman–Crippen LogP) is 2.29. The van der Waals surface area contributed by atoms with Crippen molar-refractivity contribution in [1.29, 1.82) is 0 Å². The van der Waals surface area contributed by atoms with Crippen molar-refractivity contribution < 1.29 is 9.21 Å². The Morgan fingerprint density at radius 2 is 2.28 bits per heavy atom. The summed E-state index contributed by atoms with van der Waals surface area (Å²) in [6, 6.07) is 2.22. The molecule has 1 aliphatic rings. The molecule has 3 N–H and O–H groups in total. The molecule has 2 atom stereocenters. The van der Waals surface area contributed by atoms with E-state index in [0.29, 0.717) is 29.5 Å². The van der Waals surface area contributed by atoms with Gasteiger partial charge in [0.1, 0.15) is 12.0 Å². The van der Waals surface area contributed by atoms with Crippen LogP contribution in [0.5, 0.6) is 0 Å². The summed E-state index contributed by atoms with van der Waals surface area (Å²) in [4.78, 5) is 11.0. The second-order valence-electron chi connectivity index (χ2n) is 6.20. The SMILES string of the molecule is C[C@H]1CC(C)(C)C[C@H]1NCc1cc(C(N)=O)co1. The Labute approximate surface area is 108 Å². The maximum atomic E-state index is 11.0. The number of hydrogen-bond acceptors (Lipinski definition) is 3. The van der Waals surface area contributed by atoms with Crippen LogP contribution < -0.4 is 11.1 Å². The highest BCUT2D eigenvalue weighted by atomic mass is 16.3. The molecule has 1 amide bonds. The minimum Gasteiger partial charge on any atom is -0.467 e. The normalized spacial score (nSPS) is 26.4. The third kappa shape index (κ3) is 2.93. The molecule has 1 aromatic heterocycles. The highest BCUT2D eigenvalue weighted by Gasteiger charge is 2.36. The third-order valence-corrected chi connectivity index (χ3v) is 3.81. The standard InChI is InChI=1S/C14H22N2O2/c1-9-5-14(2,3)6-12(9)16-7-11-4-10(8-18-11)13(15)17/h4,8-9,12,16H,5-7H2,1-3H3,(H2,15,17)/t9-,12+/m0/s1. The zero-order valence-corrected chi connectivity index (χ0v) is 11.3. The minimum absolute atomic E-state index is 0.415.